The molecule has 0 aromatic heterocycles. The summed E-state index contributed by atoms with van der Waals surface area (Å²) >= 11 is 0. The normalized spacial score (nSPS) is 23.4. The third-order valence-electron chi connectivity index (χ3n) is 5.18. The Morgan fingerprint density at radius 1 is 1.32 bits per heavy atom. The second kappa shape index (κ2) is 5.41. The van der Waals surface area contributed by atoms with E-state index < -0.39 is 5.54 Å². The van der Waals surface area contributed by atoms with Crippen molar-refractivity contribution in [3.05, 3.63) is 0 Å². The van der Waals surface area contributed by atoms with Gasteiger partial charge in [0.2, 0.25) is 5.91 Å². The van der Waals surface area contributed by atoms with Crippen molar-refractivity contribution in [3.63, 3.8) is 0 Å². The molecule has 0 atom stereocenters. The van der Waals surface area contributed by atoms with Crippen LogP contribution in [0.1, 0.15) is 40.5 Å². The van der Waals surface area contributed by atoms with Crippen molar-refractivity contribution < 1.29 is 4.79 Å². The average molecular weight is 267 g/mol. The quantitative estimate of drug-likeness (QED) is 0.787. The maximum absolute atomic E-state index is 12.5. The molecule has 1 saturated carbocycles. The van der Waals surface area contributed by atoms with E-state index >= 15 is 0 Å². The molecule has 1 aliphatic carbocycles. The lowest BCUT2D eigenvalue weighted by atomic mass is 9.91. The van der Waals surface area contributed by atoms with Crippen LogP contribution in [0.15, 0.2) is 0 Å². The number of amides is 1. The minimum Gasteiger partial charge on any atom is -0.354 e. The minimum absolute atomic E-state index is 0.182. The Bertz CT molecular complexity index is 328. The van der Waals surface area contributed by atoms with Gasteiger partial charge in [0.1, 0.15) is 0 Å². The fraction of sp³-hybridized carbons (Fsp3) is 0.933. The van der Waals surface area contributed by atoms with Crippen LogP contribution in [0.25, 0.3) is 0 Å². The van der Waals surface area contributed by atoms with Crippen LogP contribution >= 0.6 is 0 Å². The zero-order chi connectivity index (χ0) is 14.1. The largest absolute Gasteiger partial charge is 0.354 e. The third-order valence-corrected chi connectivity index (χ3v) is 5.18. The van der Waals surface area contributed by atoms with Gasteiger partial charge in [0, 0.05) is 32.7 Å². The van der Waals surface area contributed by atoms with Crippen molar-refractivity contribution in [2.45, 2.75) is 46.1 Å². The Kier molecular flexibility index (Phi) is 4.21. The summed E-state index contributed by atoms with van der Waals surface area (Å²) in [5.41, 5.74) is -0.00957. The fourth-order valence-electron chi connectivity index (χ4n) is 2.96. The molecule has 0 radical (unpaired) electrons. The Morgan fingerprint density at radius 2 is 1.89 bits per heavy atom. The Morgan fingerprint density at radius 3 is 2.37 bits per heavy atom. The molecule has 1 heterocycles. The van der Waals surface area contributed by atoms with Gasteiger partial charge in [-0.15, -0.1) is 0 Å². The van der Waals surface area contributed by atoms with Crippen LogP contribution in [-0.2, 0) is 4.79 Å². The molecule has 0 aromatic carbocycles. The number of carbonyl (C=O) groups excluding carboxylic acids is 1. The van der Waals surface area contributed by atoms with E-state index in [9.17, 15) is 4.79 Å². The van der Waals surface area contributed by atoms with E-state index in [0.717, 1.165) is 32.7 Å². The monoisotopic (exact) mass is 267 g/mol. The number of hydrogen-bond donors (Lipinski definition) is 2. The summed E-state index contributed by atoms with van der Waals surface area (Å²) in [6.45, 7) is 13.3. The smallest absolute Gasteiger partial charge is 0.239 e. The zero-order valence-electron chi connectivity index (χ0n) is 12.9. The number of rotatable bonds is 5. The summed E-state index contributed by atoms with van der Waals surface area (Å²) in [4.78, 5) is 14.8. The lowest BCUT2D eigenvalue weighted by Gasteiger charge is -2.40. The van der Waals surface area contributed by atoms with Gasteiger partial charge in [-0.2, -0.15) is 0 Å². The number of nitrogens with one attached hydrogen (secondary N) is 2. The highest BCUT2D eigenvalue weighted by molar-refractivity contribution is 5.85. The van der Waals surface area contributed by atoms with E-state index in [4.69, 9.17) is 0 Å². The van der Waals surface area contributed by atoms with Gasteiger partial charge >= 0.3 is 0 Å². The van der Waals surface area contributed by atoms with Crippen molar-refractivity contribution in [1.29, 1.82) is 0 Å². The Hall–Kier alpha value is -0.610. The third kappa shape index (κ3) is 3.11. The molecule has 1 saturated heterocycles. The summed E-state index contributed by atoms with van der Waals surface area (Å²) in [6.07, 6.45) is 2.53. The number of piperazine rings is 1. The maximum Gasteiger partial charge on any atom is 0.239 e. The van der Waals surface area contributed by atoms with Crippen LogP contribution in [-0.4, -0.2) is 49.1 Å². The summed E-state index contributed by atoms with van der Waals surface area (Å²) in [7, 11) is 0. The molecule has 1 amide bonds. The van der Waals surface area contributed by atoms with Crippen LogP contribution in [0.5, 0.6) is 0 Å². The maximum atomic E-state index is 12.5. The van der Waals surface area contributed by atoms with Crippen LogP contribution in [0.4, 0.5) is 0 Å². The first-order valence-corrected chi connectivity index (χ1v) is 7.62. The zero-order valence-corrected chi connectivity index (χ0v) is 12.9. The first-order chi connectivity index (χ1) is 8.88. The standard InChI is InChI=1S/C15H29N3O/c1-12(2)15(5-6-15)11-17-13(19)14(3,4)18-9-7-16-8-10-18/h12,16H,5-11H2,1-4H3,(H,17,19). The molecular weight excluding hydrogens is 238 g/mol. The van der Waals surface area contributed by atoms with Gasteiger partial charge in [0.15, 0.2) is 0 Å². The van der Waals surface area contributed by atoms with Gasteiger partial charge < -0.3 is 10.6 Å². The van der Waals surface area contributed by atoms with Gasteiger partial charge in [-0.25, -0.2) is 0 Å². The molecule has 2 fully saturated rings. The molecule has 0 spiro atoms. The van der Waals surface area contributed by atoms with Crippen LogP contribution < -0.4 is 10.6 Å². The highest BCUT2D eigenvalue weighted by Crippen LogP contribution is 2.51. The van der Waals surface area contributed by atoms with Crippen LogP contribution in [0, 0.1) is 11.3 Å². The SMILES string of the molecule is CC(C)C1(CNC(=O)C(C)(C)N2CCNCC2)CC1. The van der Waals surface area contributed by atoms with Crippen LogP contribution in [0.3, 0.4) is 0 Å². The Labute approximate surface area is 117 Å². The predicted octanol–water partition coefficient (Wildman–Crippen LogP) is 1.22. The summed E-state index contributed by atoms with van der Waals surface area (Å²) in [5.74, 6) is 0.844. The topological polar surface area (TPSA) is 44.4 Å². The molecule has 2 rings (SSSR count). The molecule has 0 unspecified atom stereocenters. The van der Waals surface area contributed by atoms with Gasteiger partial charge in [0.25, 0.3) is 0 Å². The van der Waals surface area contributed by atoms with Gasteiger partial charge in [-0.1, -0.05) is 13.8 Å². The Balaban J connectivity index is 1.87. The average Bonchev–Trinajstić information content (AvgIpc) is 3.18. The molecule has 2 aliphatic rings. The van der Waals surface area contributed by atoms with E-state index in [1.165, 1.54) is 12.8 Å². The van der Waals surface area contributed by atoms with E-state index in [-0.39, 0.29) is 5.91 Å². The van der Waals surface area contributed by atoms with Crippen molar-refractivity contribution in [3.8, 4) is 0 Å². The van der Waals surface area contributed by atoms with Crippen molar-refractivity contribution in [2.75, 3.05) is 32.7 Å². The molecule has 110 valence electrons. The van der Waals surface area contributed by atoms with Gasteiger partial charge in [0.05, 0.1) is 5.54 Å². The molecule has 4 nitrogen and oxygen atoms in total. The minimum atomic E-state index is -0.394. The fourth-order valence-corrected chi connectivity index (χ4v) is 2.96. The number of hydrogen-bond acceptors (Lipinski definition) is 3. The molecule has 1 aliphatic heterocycles. The summed E-state index contributed by atoms with van der Waals surface area (Å²) < 4.78 is 0. The van der Waals surface area contributed by atoms with E-state index in [2.05, 4.69) is 29.4 Å². The summed E-state index contributed by atoms with van der Waals surface area (Å²) in [6, 6.07) is 0. The molecule has 4 heteroatoms. The lowest BCUT2D eigenvalue weighted by molar-refractivity contribution is -0.132. The highest BCUT2D eigenvalue weighted by atomic mass is 16.2. The lowest BCUT2D eigenvalue weighted by Crippen LogP contribution is -2.60. The molecule has 19 heavy (non-hydrogen) atoms. The van der Waals surface area contributed by atoms with Crippen LogP contribution in [0.2, 0.25) is 0 Å². The van der Waals surface area contributed by atoms with Crippen molar-refractivity contribution >= 4 is 5.91 Å². The van der Waals surface area contributed by atoms with E-state index in [1.54, 1.807) is 0 Å². The first-order valence-electron chi connectivity index (χ1n) is 7.62. The molecule has 0 aromatic rings. The number of carbonyl (C=O) groups is 1. The first kappa shape index (κ1) is 14.8. The van der Waals surface area contributed by atoms with Gasteiger partial charge in [-0.3, -0.25) is 9.69 Å². The van der Waals surface area contributed by atoms with Crippen molar-refractivity contribution in [2.24, 2.45) is 11.3 Å². The predicted molar refractivity (Wildman–Crippen MR) is 78.0 cm³/mol. The highest BCUT2D eigenvalue weighted by Gasteiger charge is 2.46. The second-order valence-corrected chi connectivity index (χ2v) is 7.00. The molecular formula is C15H29N3O. The number of nitrogens with zero attached hydrogens (tertiary/aromatic N) is 1. The van der Waals surface area contributed by atoms with E-state index in [1.807, 2.05) is 13.8 Å². The molecule has 0 bridgehead atoms. The van der Waals surface area contributed by atoms with Gasteiger partial charge in [-0.05, 0) is 38.0 Å². The van der Waals surface area contributed by atoms with Crippen molar-refractivity contribution in [1.82, 2.24) is 15.5 Å². The van der Waals surface area contributed by atoms with E-state index in [0.29, 0.717) is 11.3 Å². The second-order valence-electron chi connectivity index (χ2n) is 7.00. The molecule has 2 N–H and O–H groups in total. The summed E-state index contributed by atoms with van der Waals surface area (Å²) in [5, 5.41) is 6.54.